The van der Waals surface area contributed by atoms with E-state index in [0.29, 0.717) is 17.4 Å². The summed E-state index contributed by atoms with van der Waals surface area (Å²) in [5.74, 6) is -0.338. The summed E-state index contributed by atoms with van der Waals surface area (Å²) in [5.41, 5.74) is 2.33. The first kappa shape index (κ1) is 27.4. The zero-order chi connectivity index (χ0) is 25.2. The van der Waals surface area contributed by atoms with Crippen molar-refractivity contribution in [1.29, 1.82) is 0 Å². The molecule has 14 heteroatoms. The molecule has 2 aromatic heterocycles. The van der Waals surface area contributed by atoms with Crippen LogP contribution in [0.5, 0.6) is 0 Å². The number of benzene rings is 1. The highest BCUT2D eigenvalue weighted by Crippen LogP contribution is 2.34. The quantitative estimate of drug-likeness (QED) is 0.413. The summed E-state index contributed by atoms with van der Waals surface area (Å²) in [7, 11) is -2.29. The smallest absolute Gasteiger partial charge is 0.365 e. The minimum Gasteiger partial charge on any atom is -0.365 e. The molecule has 9 nitrogen and oxygen atoms in total. The predicted molar refractivity (Wildman–Crippen MR) is 134 cm³/mol. The number of nitrogens with one attached hydrogen (secondary N) is 3. The van der Waals surface area contributed by atoms with E-state index in [1.54, 1.807) is 12.1 Å². The lowest BCUT2D eigenvalue weighted by Gasteiger charge is -2.20. The Bertz CT molecular complexity index is 1340. The summed E-state index contributed by atoms with van der Waals surface area (Å²) in [4.78, 5) is 12.0. The molecule has 4 rings (SSSR count). The minimum absolute atomic E-state index is 0. The van der Waals surface area contributed by atoms with Crippen LogP contribution in [0.4, 0.5) is 36.4 Å². The van der Waals surface area contributed by atoms with Crippen molar-refractivity contribution in [2.45, 2.75) is 25.7 Å². The molecule has 0 amide bonds. The van der Waals surface area contributed by atoms with Gasteiger partial charge >= 0.3 is 6.18 Å². The van der Waals surface area contributed by atoms with Crippen molar-refractivity contribution in [2.24, 2.45) is 0 Å². The average molecular weight is 544 g/mol. The number of anilines is 4. The highest BCUT2D eigenvalue weighted by atomic mass is 35.5. The number of aromatic nitrogens is 3. The molecule has 3 aromatic rings. The van der Waals surface area contributed by atoms with Crippen LogP contribution in [0.1, 0.15) is 22.3 Å². The van der Waals surface area contributed by atoms with Crippen molar-refractivity contribution in [1.82, 2.24) is 20.3 Å². The second-order valence-corrected chi connectivity index (χ2v) is 10.1. The Morgan fingerprint density at radius 2 is 1.94 bits per heavy atom. The maximum Gasteiger partial charge on any atom is 0.421 e. The summed E-state index contributed by atoms with van der Waals surface area (Å²) >= 11 is 0. The number of nitrogens with zero attached hydrogens (tertiary/aromatic N) is 4. The zero-order valence-corrected chi connectivity index (χ0v) is 21.1. The van der Waals surface area contributed by atoms with E-state index in [9.17, 15) is 21.6 Å². The van der Waals surface area contributed by atoms with Crippen LogP contribution >= 0.6 is 12.4 Å². The summed E-state index contributed by atoms with van der Waals surface area (Å²) in [5, 5.41) is 8.93. The molecule has 1 aliphatic heterocycles. The predicted octanol–water partition coefficient (Wildman–Crippen LogP) is 3.71. The van der Waals surface area contributed by atoms with Crippen LogP contribution in [-0.2, 0) is 35.7 Å². The number of halogens is 4. The van der Waals surface area contributed by atoms with E-state index in [2.05, 4.69) is 30.9 Å². The molecule has 1 aromatic carbocycles. The van der Waals surface area contributed by atoms with Crippen molar-refractivity contribution < 1.29 is 21.6 Å². The molecule has 0 saturated carbocycles. The lowest BCUT2D eigenvalue weighted by Crippen LogP contribution is -2.27. The van der Waals surface area contributed by atoms with E-state index in [-0.39, 0.29) is 30.7 Å². The Morgan fingerprint density at radius 1 is 1.17 bits per heavy atom. The van der Waals surface area contributed by atoms with E-state index < -0.39 is 27.6 Å². The van der Waals surface area contributed by atoms with E-state index in [0.717, 1.165) is 35.6 Å². The van der Waals surface area contributed by atoms with Gasteiger partial charge in [-0.1, -0.05) is 12.1 Å². The Balaban J connectivity index is 0.00000361. The largest absolute Gasteiger partial charge is 0.421 e. The molecule has 194 valence electrons. The third-order valence-corrected chi connectivity index (χ3v) is 6.72. The van der Waals surface area contributed by atoms with Gasteiger partial charge in [0.25, 0.3) is 0 Å². The van der Waals surface area contributed by atoms with Crippen molar-refractivity contribution in [2.75, 3.05) is 34.8 Å². The molecule has 0 aliphatic carbocycles. The van der Waals surface area contributed by atoms with Crippen LogP contribution in [0, 0.1) is 0 Å². The fraction of sp³-hybridized carbons (Fsp3) is 0.318. The molecule has 36 heavy (non-hydrogen) atoms. The standard InChI is InChI=1S/C22H24F3N7O2S.ClH/c1-32(35(2,33)34)20-16(4-3-8-27-20)12-28-19-18(22(23,24)25)13-29-21(31-19)30-17-6-5-15-11-26-9-7-14(15)10-17;/h3-6,8,10,13,26H,7,9,11-12H2,1-2H3,(H2,28,29,30,31);1H. The Kier molecular flexibility index (Phi) is 8.26. The van der Waals surface area contributed by atoms with Crippen LogP contribution in [0.3, 0.4) is 0 Å². The zero-order valence-electron chi connectivity index (χ0n) is 19.4. The first-order valence-corrected chi connectivity index (χ1v) is 12.5. The molecule has 1 aliphatic rings. The van der Waals surface area contributed by atoms with Gasteiger partial charge in [0, 0.05) is 43.8 Å². The van der Waals surface area contributed by atoms with Crippen molar-refractivity contribution in [3.8, 4) is 0 Å². The fourth-order valence-electron chi connectivity index (χ4n) is 3.66. The lowest BCUT2D eigenvalue weighted by molar-refractivity contribution is -0.137. The molecule has 0 radical (unpaired) electrons. The van der Waals surface area contributed by atoms with Crippen LogP contribution in [0.15, 0.2) is 42.7 Å². The molecule has 0 bridgehead atoms. The summed E-state index contributed by atoms with van der Waals surface area (Å²) < 4.78 is 65.8. The fourth-order valence-corrected chi connectivity index (χ4v) is 4.13. The number of hydrogen-bond acceptors (Lipinski definition) is 8. The molecule has 0 atom stereocenters. The van der Waals surface area contributed by atoms with E-state index in [1.165, 1.54) is 18.8 Å². The van der Waals surface area contributed by atoms with Gasteiger partial charge in [0.05, 0.1) is 6.26 Å². The summed E-state index contributed by atoms with van der Waals surface area (Å²) in [6.45, 7) is 1.48. The first-order valence-electron chi connectivity index (χ1n) is 10.7. The summed E-state index contributed by atoms with van der Waals surface area (Å²) in [6.07, 6.45) is -0.710. The number of fused-ring (bicyclic) bond motifs is 1. The molecule has 0 fully saturated rings. The minimum atomic E-state index is -4.69. The third kappa shape index (κ3) is 6.33. The molecule has 0 unspecified atom stereocenters. The molecular weight excluding hydrogens is 519 g/mol. The van der Waals surface area contributed by atoms with Crippen molar-refractivity contribution in [3.63, 3.8) is 0 Å². The van der Waals surface area contributed by atoms with Gasteiger partial charge in [-0.05, 0) is 42.3 Å². The van der Waals surface area contributed by atoms with Crippen LogP contribution < -0.4 is 20.3 Å². The molecule has 3 heterocycles. The highest BCUT2D eigenvalue weighted by Gasteiger charge is 2.35. The van der Waals surface area contributed by atoms with Gasteiger partial charge in [0.15, 0.2) is 0 Å². The van der Waals surface area contributed by atoms with Gasteiger partial charge in [-0.15, -0.1) is 12.4 Å². The molecule has 3 N–H and O–H groups in total. The van der Waals surface area contributed by atoms with E-state index >= 15 is 0 Å². The van der Waals surface area contributed by atoms with Crippen LogP contribution in [0.2, 0.25) is 0 Å². The number of alkyl halides is 3. The normalized spacial score (nSPS) is 13.4. The number of hydrogen-bond donors (Lipinski definition) is 3. The first-order chi connectivity index (χ1) is 16.5. The monoisotopic (exact) mass is 543 g/mol. The van der Waals surface area contributed by atoms with Gasteiger partial charge in [-0.2, -0.15) is 18.2 Å². The van der Waals surface area contributed by atoms with E-state index in [1.807, 2.05) is 18.2 Å². The van der Waals surface area contributed by atoms with E-state index in [4.69, 9.17) is 0 Å². The molecule has 0 spiro atoms. The second kappa shape index (κ2) is 10.8. The molecule has 0 saturated heterocycles. The highest BCUT2D eigenvalue weighted by molar-refractivity contribution is 7.92. The van der Waals surface area contributed by atoms with Gasteiger partial charge in [0.2, 0.25) is 16.0 Å². The number of sulfonamides is 1. The molecular formula is C22H25ClF3N7O2S. The third-order valence-electron chi connectivity index (χ3n) is 5.55. The SMILES string of the molecule is CN(c1ncccc1CNc1nc(Nc2ccc3c(c2)CCNC3)ncc1C(F)(F)F)S(C)(=O)=O.Cl. The van der Waals surface area contributed by atoms with Gasteiger partial charge in [-0.25, -0.2) is 18.4 Å². The summed E-state index contributed by atoms with van der Waals surface area (Å²) in [6, 6.07) is 8.86. The number of pyridine rings is 1. The maximum atomic E-state index is 13.6. The Labute approximate surface area is 213 Å². The maximum absolute atomic E-state index is 13.6. The van der Waals surface area contributed by atoms with Crippen LogP contribution in [-0.4, -0.2) is 43.2 Å². The average Bonchev–Trinajstić information content (AvgIpc) is 2.81. The van der Waals surface area contributed by atoms with Crippen molar-refractivity contribution >= 4 is 45.7 Å². The van der Waals surface area contributed by atoms with Crippen molar-refractivity contribution in [3.05, 3.63) is 65.0 Å². The number of rotatable bonds is 7. The lowest BCUT2D eigenvalue weighted by atomic mass is 10.0. The second-order valence-electron chi connectivity index (χ2n) is 8.06. The van der Waals surface area contributed by atoms with Gasteiger partial charge < -0.3 is 16.0 Å². The van der Waals surface area contributed by atoms with Gasteiger partial charge in [-0.3, -0.25) is 4.31 Å². The topological polar surface area (TPSA) is 112 Å². The van der Waals surface area contributed by atoms with Crippen LogP contribution in [0.25, 0.3) is 0 Å². The van der Waals surface area contributed by atoms with Gasteiger partial charge in [0.1, 0.15) is 17.2 Å². The Morgan fingerprint density at radius 3 is 2.67 bits per heavy atom. The Hall–Kier alpha value is -3.16.